The fourth-order valence-corrected chi connectivity index (χ4v) is 3.82. The highest BCUT2D eigenvalue weighted by molar-refractivity contribution is 7.13. The van der Waals surface area contributed by atoms with E-state index >= 15 is 0 Å². The topological polar surface area (TPSA) is 45.4 Å². The summed E-state index contributed by atoms with van der Waals surface area (Å²) in [6.07, 6.45) is 0. The van der Waals surface area contributed by atoms with Crippen LogP contribution in [0.2, 0.25) is 0 Å². The summed E-state index contributed by atoms with van der Waals surface area (Å²) in [6, 6.07) is 10.4. The Labute approximate surface area is 142 Å². The zero-order chi connectivity index (χ0) is 16.3. The highest BCUT2D eigenvalue weighted by Gasteiger charge is 2.22. The molecule has 0 unspecified atom stereocenters. The van der Waals surface area contributed by atoms with Gasteiger partial charge in [-0.2, -0.15) is 0 Å². The zero-order valence-corrected chi connectivity index (χ0v) is 14.9. The van der Waals surface area contributed by atoms with Gasteiger partial charge in [0.1, 0.15) is 5.01 Å². The Balaban J connectivity index is 1.53. The maximum atomic E-state index is 6.12. The second-order valence-electron chi connectivity index (χ2n) is 7.05. The van der Waals surface area contributed by atoms with Gasteiger partial charge in [0.05, 0.1) is 5.69 Å². The maximum absolute atomic E-state index is 6.12. The van der Waals surface area contributed by atoms with E-state index in [1.807, 2.05) is 6.07 Å². The van der Waals surface area contributed by atoms with Gasteiger partial charge in [-0.05, 0) is 13.8 Å². The lowest BCUT2D eigenvalue weighted by molar-refractivity contribution is 0.111. The molecule has 5 heteroatoms. The van der Waals surface area contributed by atoms with Gasteiger partial charge >= 0.3 is 0 Å². The van der Waals surface area contributed by atoms with Crippen LogP contribution in [0.15, 0.2) is 35.7 Å². The lowest BCUT2D eigenvalue weighted by Gasteiger charge is -2.37. The number of thiazole rings is 1. The van der Waals surface area contributed by atoms with Crippen molar-refractivity contribution in [3.63, 3.8) is 0 Å². The molecule has 0 radical (unpaired) electrons. The van der Waals surface area contributed by atoms with Gasteiger partial charge in [-0.25, -0.2) is 4.98 Å². The second kappa shape index (κ2) is 7.09. The first kappa shape index (κ1) is 16.6. The fraction of sp³-hybridized carbons (Fsp3) is 0.500. The molecule has 23 heavy (non-hydrogen) atoms. The van der Waals surface area contributed by atoms with Crippen LogP contribution in [0.3, 0.4) is 0 Å². The third kappa shape index (κ3) is 4.85. The van der Waals surface area contributed by atoms with Gasteiger partial charge < -0.3 is 5.73 Å². The smallest absolute Gasteiger partial charge is 0.123 e. The van der Waals surface area contributed by atoms with Crippen LogP contribution in [0.1, 0.15) is 19.5 Å². The highest BCUT2D eigenvalue weighted by Crippen LogP contribution is 2.24. The van der Waals surface area contributed by atoms with E-state index in [1.54, 1.807) is 11.3 Å². The molecule has 124 valence electrons. The summed E-state index contributed by atoms with van der Waals surface area (Å²) in [7, 11) is 0. The lowest BCUT2D eigenvalue weighted by Crippen LogP contribution is -2.52. The molecule has 0 saturated carbocycles. The van der Waals surface area contributed by atoms with Gasteiger partial charge in [0.25, 0.3) is 0 Å². The van der Waals surface area contributed by atoms with Crippen LogP contribution in [0.25, 0.3) is 10.6 Å². The van der Waals surface area contributed by atoms with Crippen LogP contribution >= 0.6 is 11.3 Å². The van der Waals surface area contributed by atoms with Gasteiger partial charge in [-0.3, -0.25) is 9.80 Å². The molecular formula is C18H26N4S. The molecule has 1 aliphatic heterocycles. The molecule has 1 aromatic carbocycles. The van der Waals surface area contributed by atoms with E-state index in [0.29, 0.717) is 0 Å². The van der Waals surface area contributed by atoms with E-state index in [-0.39, 0.29) is 5.54 Å². The summed E-state index contributed by atoms with van der Waals surface area (Å²) in [4.78, 5) is 9.75. The van der Waals surface area contributed by atoms with Crippen LogP contribution in [0.4, 0.5) is 0 Å². The summed E-state index contributed by atoms with van der Waals surface area (Å²) < 4.78 is 0. The quantitative estimate of drug-likeness (QED) is 0.915. The Morgan fingerprint density at radius 3 is 2.39 bits per heavy atom. The average molecular weight is 331 g/mol. The maximum Gasteiger partial charge on any atom is 0.123 e. The molecule has 1 fully saturated rings. The Hall–Kier alpha value is -1.27. The van der Waals surface area contributed by atoms with Crippen LogP contribution in [-0.4, -0.2) is 53.0 Å². The van der Waals surface area contributed by atoms with Crippen molar-refractivity contribution in [1.29, 1.82) is 0 Å². The predicted molar refractivity (Wildman–Crippen MR) is 97.5 cm³/mol. The van der Waals surface area contributed by atoms with E-state index in [9.17, 15) is 0 Å². The van der Waals surface area contributed by atoms with Crippen LogP contribution in [-0.2, 0) is 6.54 Å². The summed E-state index contributed by atoms with van der Waals surface area (Å²) in [5.74, 6) is 0. The van der Waals surface area contributed by atoms with Crippen LogP contribution in [0.5, 0.6) is 0 Å². The molecule has 1 aliphatic rings. The molecule has 1 aromatic heterocycles. The van der Waals surface area contributed by atoms with Crippen molar-refractivity contribution in [1.82, 2.24) is 14.8 Å². The number of aromatic nitrogens is 1. The third-order valence-corrected chi connectivity index (χ3v) is 4.99. The molecular weight excluding hydrogens is 304 g/mol. The van der Waals surface area contributed by atoms with Crippen molar-refractivity contribution in [2.24, 2.45) is 5.73 Å². The molecule has 2 aromatic rings. The van der Waals surface area contributed by atoms with Gasteiger partial charge in [0.15, 0.2) is 0 Å². The third-order valence-electron chi connectivity index (χ3n) is 4.05. The number of nitrogens with two attached hydrogens (primary N) is 1. The molecule has 0 amide bonds. The summed E-state index contributed by atoms with van der Waals surface area (Å²) >= 11 is 1.73. The molecule has 0 bridgehead atoms. The largest absolute Gasteiger partial charge is 0.324 e. The van der Waals surface area contributed by atoms with Crippen molar-refractivity contribution in [3.8, 4) is 10.6 Å². The number of benzene rings is 1. The fourth-order valence-electron chi connectivity index (χ4n) is 3.00. The van der Waals surface area contributed by atoms with E-state index < -0.39 is 0 Å². The van der Waals surface area contributed by atoms with Gasteiger partial charge in [0, 0.05) is 55.8 Å². The highest BCUT2D eigenvalue weighted by atomic mass is 32.1. The lowest BCUT2D eigenvalue weighted by atomic mass is 10.1. The molecule has 1 saturated heterocycles. The first-order valence-electron chi connectivity index (χ1n) is 8.23. The minimum Gasteiger partial charge on any atom is -0.324 e. The Bertz CT molecular complexity index is 609. The Kier molecular flexibility index (Phi) is 5.11. The van der Waals surface area contributed by atoms with E-state index in [2.05, 4.69) is 53.3 Å². The van der Waals surface area contributed by atoms with Gasteiger partial charge in [-0.15, -0.1) is 11.3 Å². The van der Waals surface area contributed by atoms with Gasteiger partial charge in [0.2, 0.25) is 0 Å². The first-order valence-corrected chi connectivity index (χ1v) is 9.11. The molecule has 0 aliphatic carbocycles. The number of nitrogens with zero attached hydrogens (tertiary/aromatic N) is 3. The minimum absolute atomic E-state index is 0.109. The Morgan fingerprint density at radius 1 is 1.09 bits per heavy atom. The van der Waals surface area contributed by atoms with Crippen molar-refractivity contribution < 1.29 is 0 Å². The molecule has 0 atom stereocenters. The molecule has 0 spiro atoms. The van der Waals surface area contributed by atoms with Gasteiger partial charge in [-0.1, -0.05) is 30.3 Å². The summed E-state index contributed by atoms with van der Waals surface area (Å²) in [6.45, 7) is 10.5. The average Bonchev–Trinajstić information content (AvgIpc) is 2.97. The number of rotatable bonds is 5. The van der Waals surface area contributed by atoms with Crippen molar-refractivity contribution in [2.75, 3.05) is 32.7 Å². The van der Waals surface area contributed by atoms with Crippen molar-refractivity contribution in [2.45, 2.75) is 25.9 Å². The molecule has 2 heterocycles. The second-order valence-corrected chi connectivity index (χ2v) is 7.91. The normalized spacial score (nSPS) is 17.5. The summed E-state index contributed by atoms with van der Waals surface area (Å²) in [5, 5.41) is 3.31. The van der Waals surface area contributed by atoms with Crippen molar-refractivity contribution in [3.05, 3.63) is 41.4 Å². The van der Waals surface area contributed by atoms with Crippen LogP contribution in [0, 0.1) is 0 Å². The number of hydrogen-bond donors (Lipinski definition) is 1. The molecule has 2 N–H and O–H groups in total. The van der Waals surface area contributed by atoms with Crippen LogP contribution < -0.4 is 5.73 Å². The number of piperazine rings is 1. The Morgan fingerprint density at radius 2 is 1.74 bits per heavy atom. The monoisotopic (exact) mass is 330 g/mol. The van der Waals surface area contributed by atoms with E-state index in [4.69, 9.17) is 10.7 Å². The SMILES string of the molecule is CC(C)(N)CN1CCN(Cc2csc(-c3ccccc3)n2)CC1. The number of hydrogen-bond acceptors (Lipinski definition) is 5. The minimum atomic E-state index is -0.109. The van der Waals surface area contributed by atoms with E-state index in [0.717, 1.165) is 44.3 Å². The predicted octanol–water partition coefficient (Wildman–Crippen LogP) is 2.67. The first-order chi connectivity index (χ1) is 11.0. The molecule has 3 rings (SSSR count). The summed E-state index contributed by atoms with van der Waals surface area (Å²) in [5.41, 5.74) is 8.40. The zero-order valence-electron chi connectivity index (χ0n) is 14.0. The van der Waals surface area contributed by atoms with Crippen molar-refractivity contribution >= 4 is 11.3 Å². The van der Waals surface area contributed by atoms with E-state index in [1.165, 1.54) is 11.3 Å². The standard InChI is InChI=1S/C18H26N4S/c1-18(2,19)14-22-10-8-21(9-11-22)12-16-13-23-17(20-16)15-6-4-3-5-7-15/h3-7,13H,8-12,14,19H2,1-2H3. The molecule has 4 nitrogen and oxygen atoms in total.